The molecule has 104 valence electrons. The first-order valence-corrected chi connectivity index (χ1v) is 6.80. The van der Waals surface area contributed by atoms with E-state index >= 15 is 0 Å². The Morgan fingerprint density at radius 1 is 1.47 bits per heavy atom. The van der Waals surface area contributed by atoms with Gasteiger partial charge in [-0.3, -0.25) is 4.79 Å². The predicted octanol–water partition coefficient (Wildman–Crippen LogP) is 1.35. The van der Waals surface area contributed by atoms with E-state index in [4.69, 9.17) is 4.74 Å². The molecule has 0 unspecified atom stereocenters. The summed E-state index contributed by atoms with van der Waals surface area (Å²) in [4.78, 5) is 11.7. The molecule has 0 aliphatic heterocycles. The molecule has 2 N–H and O–H groups in total. The van der Waals surface area contributed by atoms with Gasteiger partial charge in [0.2, 0.25) is 5.91 Å². The molecule has 1 fully saturated rings. The lowest BCUT2D eigenvalue weighted by molar-refractivity contribution is -0.121. The molecule has 0 saturated heterocycles. The number of likely N-dealkylation sites (N-methyl/N-ethyl adjacent to an activating group) is 1. The summed E-state index contributed by atoms with van der Waals surface area (Å²) in [5, 5.41) is 6.01. The van der Waals surface area contributed by atoms with Gasteiger partial charge in [0, 0.05) is 6.04 Å². The third kappa shape index (κ3) is 4.24. The van der Waals surface area contributed by atoms with Crippen molar-refractivity contribution in [3.05, 3.63) is 29.8 Å². The van der Waals surface area contributed by atoms with Crippen molar-refractivity contribution in [2.45, 2.75) is 25.3 Å². The molecule has 0 aromatic heterocycles. The minimum absolute atomic E-state index is 0.0716. The van der Waals surface area contributed by atoms with Gasteiger partial charge >= 0.3 is 0 Å². The number of carbonyl (C=O) groups excluding carboxylic acids is 1. The topological polar surface area (TPSA) is 50.4 Å². The van der Waals surface area contributed by atoms with Crippen LogP contribution in [0.4, 0.5) is 0 Å². The van der Waals surface area contributed by atoms with Gasteiger partial charge in [-0.1, -0.05) is 12.1 Å². The minimum atomic E-state index is 0.0716. The standard InChI is InChI=1S/C15H22N2O2/c1-16-10-15(18)17-14(12-6-7-12)9-11-4-3-5-13(8-11)19-2/h3-5,8,12,14,16H,6-7,9-10H2,1-2H3,(H,17,18)/t14-/m0/s1. The van der Waals surface area contributed by atoms with Crippen LogP contribution in [0.25, 0.3) is 0 Å². The second-order valence-corrected chi connectivity index (χ2v) is 5.10. The Balaban J connectivity index is 1.97. The van der Waals surface area contributed by atoms with Crippen LogP contribution in [0.15, 0.2) is 24.3 Å². The molecule has 1 aliphatic rings. The molecule has 1 amide bonds. The Kier molecular flexibility index (Phi) is 4.80. The molecular weight excluding hydrogens is 240 g/mol. The fraction of sp³-hybridized carbons (Fsp3) is 0.533. The van der Waals surface area contributed by atoms with E-state index in [0.29, 0.717) is 12.5 Å². The van der Waals surface area contributed by atoms with E-state index in [1.54, 1.807) is 14.2 Å². The van der Waals surface area contributed by atoms with Crippen molar-refractivity contribution in [2.75, 3.05) is 20.7 Å². The average molecular weight is 262 g/mol. The summed E-state index contributed by atoms with van der Waals surface area (Å²) >= 11 is 0. The van der Waals surface area contributed by atoms with Crippen molar-refractivity contribution in [2.24, 2.45) is 5.92 Å². The summed E-state index contributed by atoms with van der Waals surface area (Å²) in [7, 11) is 3.46. The number of rotatable bonds is 7. The maximum absolute atomic E-state index is 11.7. The second-order valence-electron chi connectivity index (χ2n) is 5.10. The van der Waals surface area contributed by atoms with Crippen molar-refractivity contribution >= 4 is 5.91 Å². The van der Waals surface area contributed by atoms with Gasteiger partial charge in [-0.05, 0) is 49.9 Å². The first-order valence-electron chi connectivity index (χ1n) is 6.80. The Morgan fingerprint density at radius 2 is 2.26 bits per heavy atom. The van der Waals surface area contributed by atoms with E-state index in [1.165, 1.54) is 18.4 Å². The molecule has 0 spiro atoms. The van der Waals surface area contributed by atoms with E-state index in [1.807, 2.05) is 18.2 Å². The van der Waals surface area contributed by atoms with E-state index < -0.39 is 0 Å². The van der Waals surface area contributed by atoms with E-state index in [0.717, 1.165) is 12.2 Å². The number of amides is 1. The lowest BCUT2D eigenvalue weighted by Gasteiger charge is -2.18. The summed E-state index contributed by atoms with van der Waals surface area (Å²) in [6, 6.07) is 8.30. The van der Waals surface area contributed by atoms with Crippen molar-refractivity contribution in [3.8, 4) is 5.75 Å². The molecule has 1 aromatic rings. The molecular formula is C15H22N2O2. The molecule has 0 bridgehead atoms. The highest BCUT2D eigenvalue weighted by Gasteiger charge is 2.32. The maximum atomic E-state index is 11.7. The number of benzene rings is 1. The minimum Gasteiger partial charge on any atom is -0.497 e. The quantitative estimate of drug-likeness (QED) is 0.780. The molecule has 0 heterocycles. The number of ether oxygens (including phenoxy) is 1. The van der Waals surface area contributed by atoms with Gasteiger partial charge in [-0.2, -0.15) is 0 Å². The molecule has 19 heavy (non-hydrogen) atoms. The molecule has 4 heteroatoms. The third-order valence-electron chi connectivity index (χ3n) is 3.46. The highest BCUT2D eigenvalue weighted by atomic mass is 16.5. The number of hydrogen-bond acceptors (Lipinski definition) is 3. The number of methoxy groups -OCH3 is 1. The van der Waals surface area contributed by atoms with Gasteiger partial charge in [0.25, 0.3) is 0 Å². The third-order valence-corrected chi connectivity index (χ3v) is 3.46. The van der Waals surface area contributed by atoms with Crippen LogP contribution >= 0.6 is 0 Å². The van der Waals surface area contributed by atoms with E-state index in [2.05, 4.69) is 16.7 Å². The zero-order valence-electron chi connectivity index (χ0n) is 11.6. The smallest absolute Gasteiger partial charge is 0.234 e. The lowest BCUT2D eigenvalue weighted by atomic mass is 10.0. The monoisotopic (exact) mass is 262 g/mol. The Labute approximate surface area is 114 Å². The molecule has 1 aliphatic carbocycles. The summed E-state index contributed by atoms with van der Waals surface area (Å²) in [6.07, 6.45) is 3.31. The summed E-state index contributed by atoms with van der Waals surface area (Å²) in [5.41, 5.74) is 1.21. The van der Waals surface area contributed by atoms with Gasteiger partial charge in [-0.25, -0.2) is 0 Å². The number of hydrogen-bond donors (Lipinski definition) is 2. The van der Waals surface area contributed by atoms with Crippen LogP contribution in [0, 0.1) is 5.92 Å². The van der Waals surface area contributed by atoms with Crippen molar-refractivity contribution in [1.29, 1.82) is 0 Å². The molecule has 4 nitrogen and oxygen atoms in total. The van der Waals surface area contributed by atoms with Gasteiger partial charge in [-0.15, -0.1) is 0 Å². The van der Waals surface area contributed by atoms with Crippen LogP contribution in [0.1, 0.15) is 18.4 Å². The highest BCUT2D eigenvalue weighted by Crippen LogP contribution is 2.34. The Bertz CT molecular complexity index is 430. The van der Waals surface area contributed by atoms with Crippen LogP contribution in [0.3, 0.4) is 0 Å². The summed E-state index contributed by atoms with van der Waals surface area (Å²) < 4.78 is 5.23. The van der Waals surface area contributed by atoms with Gasteiger partial charge in [0.05, 0.1) is 13.7 Å². The zero-order valence-corrected chi connectivity index (χ0v) is 11.6. The molecule has 1 aromatic carbocycles. The normalized spacial score (nSPS) is 15.9. The fourth-order valence-electron chi connectivity index (χ4n) is 2.31. The van der Waals surface area contributed by atoms with Crippen molar-refractivity contribution in [3.63, 3.8) is 0 Å². The van der Waals surface area contributed by atoms with Crippen LogP contribution in [-0.2, 0) is 11.2 Å². The molecule has 1 atom stereocenters. The lowest BCUT2D eigenvalue weighted by Crippen LogP contribution is -2.42. The Hall–Kier alpha value is -1.55. The van der Waals surface area contributed by atoms with Gasteiger partial charge in [0.1, 0.15) is 5.75 Å². The van der Waals surface area contributed by atoms with Crippen LogP contribution in [0.2, 0.25) is 0 Å². The van der Waals surface area contributed by atoms with Crippen molar-refractivity contribution in [1.82, 2.24) is 10.6 Å². The highest BCUT2D eigenvalue weighted by molar-refractivity contribution is 5.78. The molecule has 0 radical (unpaired) electrons. The summed E-state index contributed by atoms with van der Waals surface area (Å²) in [6.45, 7) is 0.376. The second kappa shape index (κ2) is 6.57. The van der Waals surface area contributed by atoms with Gasteiger partial charge in [0.15, 0.2) is 0 Å². The largest absolute Gasteiger partial charge is 0.497 e. The number of carbonyl (C=O) groups is 1. The SMILES string of the molecule is CNCC(=O)N[C@@H](Cc1cccc(OC)c1)C1CC1. The zero-order chi connectivity index (χ0) is 13.7. The van der Waals surface area contributed by atoms with Crippen LogP contribution in [0.5, 0.6) is 5.75 Å². The maximum Gasteiger partial charge on any atom is 0.234 e. The van der Waals surface area contributed by atoms with Gasteiger partial charge < -0.3 is 15.4 Å². The predicted molar refractivity (Wildman–Crippen MR) is 75.3 cm³/mol. The summed E-state index contributed by atoms with van der Waals surface area (Å²) in [5.74, 6) is 1.57. The van der Waals surface area contributed by atoms with E-state index in [9.17, 15) is 4.79 Å². The van der Waals surface area contributed by atoms with E-state index in [-0.39, 0.29) is 11.9 Å². The van der Waals surface area contributed by atoms with Crippen molar-refractivity contribution < 1.29 is 9.53 Å². The fourth-order valence-corrected chi connectivity index (χ4v) is 2.31. The first kappa shape index (κ1) is 13.9. The Morgan fingerprint density at radius 3 is 2.89 bits per heavy atom. The first-order chi connectivity index (χ1) is 9.22. The van der Waals surface area contributed by atoms with Crippen LogP contribution in [-0.4, -0.2) is 32.7 Å². The van der Waals surface area contributed by atoms with Crippen LogP contribution < -0.4 is 15.4 Å². The molecule has 2 rings (SSSR count). The number of nitrogens with one attached hydrogen (secondary N) is 2. The molecule has 1 saturated carbocycles. The average Bonchev–Trinajstić information content (AvgIpc) is 3.23.